The maximum atomic E-state index is 7.34. The number of nitrogens with one attached hydrogen (secondary N) is 1. The lowest BCUT2D eigenvalue weighted by Gasteiger charge is -2.00. The first-order valence-corrected chi connectivity index (χ1v) is 3.05. The Morgan fingerprint density at radius 3 is 2.43 bits per heavy atom. The molecule has 0 amide bonds. The molecule has 0 bridgehead atoms. The fourth-order valence-corrected chi connectivity index (χ4v) is 0.832. The zero-order valence-corrected chi connectivity index (χ0v) is 4.78. The Kier molecular flexibility index (Phi) is 1.33. The standard InChI is InChI=1S/C6H12N/c1-2-6(7)5-3-4-5/h5-7H,2-4H2,1H3. The summed E-state index contributed by atoms with van der Waals surface area (Å²) in [5.74, 6) is 0.782. The first kappa shape index (κ1) is 5.10. The molecular formula is C6H12N. The Bertz CT molecular complexity index is 57.2. The number of hydrogen-bond donors (Lipinski definition) is 0. The summed E-state index contributed by atoms with van der Waals surface area (Å²) in [6, 6.07) is 0.264. The van der Waals surface area contributed by atoms with Crippen LogP contribution in [0.3, 0.4) is 0 Å². The first-order valence-electron chi connectivity index (χ1n) is 3.05. The molecule has 1 atom stereocenters. The van der Waals surface area contributed by atoms with Crippen molar-refractivity contribution in [2.24, 2.45) is 5.92 Å². The van der Waals surface area contributed by atoms with E-state index in [1.807, 2.05) is 0 Å². The molecule has 0 saturated heterocycles. The molecule has 1 nitrogen and oxygen atoms in total. The van der Waals surface area contributed by atoms with Crippen LogP contribution in [-0.4, -0.2) is 6.04 Å². The van der Waals surface area contributed by atoms with Crippen LogP contribution in [0.1, 0.15) is 26.2 Å². The monoisotopic (exact) mass is 98.1 g/mol. The van der Waals surface area contributed by atoms with Crippen LogP contribution in [0.25, 0.3) is 0 Å². The lowest BCUT2D eigenvalue weighted by Crippen LogP contribution is -2.08. The maximum Gasteiger partial charge on any atom is 0.0238 e. The molecule has 0 spiro atoms. The highest BCUT2D eigenvalue weighted by atomic mass is 14.7. The smallest absolute Gasteiger partial charge is 0.0238 e. The molecule has 41 valence electrons. The van der Waals surface area contributed by atoms with Gasteiger partial charge in [-0.3, -0.25) is 5.73 Å². The Hall–Kier alpha value is -0.0400. The molecule has 0 aromatic heterocycles. The summed E-state index contributed by atoms with van der Waals surface area (Å²) < 4.78 is 0. The van der Waals surface area contributed by atoms with Crippen molar-refractivity contribution >= 4 is 0 Å². The number of rotatable bonds is 2. The van der Waals surface area contributed by atoms with Gasteiger partial charge in [0.05, 0.1) is 0 Å². The Balaban J connectivity index is 2.10. The van der Waals surface area contributed by atoms with Crippen molar-refractivity contribution in [1.82, 2.24) is 5.73 Å². The minimum Gasteiger partial charge on any atom is -0.254 e. The first-order chi connectivity index (χ1) is 3.34. The maximum absolute atomic E-state index is 7.34. The fourth-order valence-electron chi connectivity index (χ4n) is 0.832. The van der Waals surface area contributed by atoms with Gasteiger partial charge in [0.1, 0.15) is 0 Å². The lowest BCUT2D eigenvalue weighted by atomic mass is 10.1. The lowest BCUT2D eigenvalue weighted by molar-refractivity contribution is 0.560. The molecule has 1 rings (SSSR count). The molecule has 0 aromatic carbocycles. The van der Waals surface area contributed by atoms with E-state index in [0.29, 0.717) is 0 Å². The normalized spacial score (nSPS) is 24.9. The molecule has 0 aliphatic heterocycles. The van der Waals surface area contributed by atoms with Crippen molar-refractivity contribution in [3.05, 3.63) is 0 Å². The number of hydrogen-bond acceptors (Lipinski definition) is 0. The third-order valence-electron chi connectivity index (χ3n) is 1.63. The minimum absolute atomic E-state index is 0.264. The quantitative estimate of drug-likeness (QED) is 0.499. The molecule has 1 N–H and O–H groups in total. The summed E-state index contributed by atoms with van der Waals surface area (Å²) in [7, 11) is 0. The van der Waals surface area contributed by atoms with E-state index in [9.17, 15) is 0 Å². The van der Waals surface area contributed by atoms with Crippen molar-refractivity contribution in [3.63, 3.8) is 0 Å². The second kappa shape index (κ2) is 1.83. The highest BCUT2D eigenvalue weighted by molar-refractivity contribution is 4.81. The predicted octanol–water partition coefficient (Wildman–Crippen LogP) is 1.46. The summed E-state index contributed by atoms with van der Waals surface area (Å²) in [5, 5.41) is 0. The van der Waals surface area contributed by atoms with E-state index in [4.69, 9.17) is 5.73 Å². The van der Waals surface area contributed by atoms with Gasteiger partial charge in [-0.2, -0.15) is 0 Å². The second-order valence-corrected chi connectivity index (χ2v) is 2.35. The molecule has 1 radical (unpaired) electrons. The molecule has 1 fully saturated rings. The third kappa shape index (κ3) is 1.16. The van der Waals surface area contributed by atoms with Crippen LogP contribution < -0.4 is 5.73 Å². The van der Waals surface area contributed by atoms with Crippen LogP contribution >= 0.6 is 0 Å². The molecule has 0 heterocycles. The molecule has 7 heavy (non-hydrogen) atoms. The molecule has 1 saturated carbocycles. The largest absolute Gasteiger partial charge is 0.254 e. The summed E-state index contributed by atoms with van der Waals surface area (Å²) in [5.41, 5.74) is 7.34. The van der Waals surface area contributed by atoms with E-state index in [2.05, 4.69) is 6.92 Å². The van der Waals surface area contributed by atoms with Gasteiger partial charge >= 0.3 is 0 Å². The van der Waals surface area contributed by atoms with Crippen LogP contribution in [0.15, 0.2) is 0 Å². The average molecular weight is 98.2 g/mol. The van der Waals surface area contributed by atoms with Gasteiger partial charge in [0, 0.05) is 6.04 Å². The van der Waals surface area contributed by atoms with Gasteiger partial charge in [-0.25, -0.2) is 0 Å². The van der Waals surface area contributed by atoms with Gasteiger partial charge in [0.15, 0.2) is 0 Å². The highest BCUT2D eigenvalue weighted by Gasteiger charge is 2.27. The molecular weight excluding hydrogens is 86.1 g/mol. The summed E-state index contributed by atoms with van der Waals surface area (Å²) in [4.78, 5) is 0. The van der Waals surface area contributed by atoms with Gasteiger partial charge < -0.3 is 0 Å². The zero-order valence-electron chi connectivity index (χ0n) is 4.78. The van der Waals surface area contributed by atoms with Crippen molar-refractivity contribution in [3.8, 4) is 0 Å². The molecule has 1 unspecified atom stereocenters. The van der Waals surface area contributed by atoms with Crippen LogP contribution in [0, 0.1) is 5.92 Å². The van der Waals surface area contributed by atoms with Crippen molar-refractivity contribution in [2.45, 2.75) is 32.2 Å². The zero-order chi connectivity index (χ0) is 5.28. The summed E-state index contributed by atoms with van der Waals surface area (Å²) >= 11 is 0. The van der Waals surface area contributed by atoms with E-state index in [1.54, 1.807) is 0 Å². The van der Waals surface area contributed by atoms with E-state index < -0.39 is 0 Å². The SMILES string of the molecule is CCC([NH])C1CC1. The Morgan fingerprint density at radius 1 is 1.71 bits per heavy atom. The van der Waals surface area contributed by atoms with Crippen LogP contribution in [0.2, 0.25) is 0 Å². The highest BCUT2D eigenvalue weighted by Crippen LogP contribution is 2.33. The second-order valence-electron chi connectivity index (χ2n) is 2.35. The topological polar surface area (TPSA) is 23.8 Å². The van der Waals surface area contributed by atoms with Gasteiger partial charge in [0.2, 0.25) is 0 Å². The van der Waals surface area contributed by atoms with E-state index in [1.165, 1.54) is 12.8 Å². The summed E-state index contributed by atoms with van der Waals surface area (Å²) in [6.45, 7) is 2.09. The Morgan fingerprint density at radius 2 is 2.29 bits per heavy atom. The van der Waals surface area contributed by atoms with Gasteiger partial charge in [-0.05, 0) is 25.2 Å². The van der Waals surface area contributed by atoms with E-state index in [-0.39, 0.29) is 6.04 Å². The molecule has 1 aliphatic rings. The van der Waals surface area contributed by atoms with Crippen molar-refractivity contribution in [1.29, 1.82) is 0 Å². The molecule has 1 heteroatoms. The van der Waals surface area contributed by atoms with Crippen LogP contribution in [-0.2, 0) is 0 Å². The van der Waals surface area contributed by atoms with E-state index >= 15 is 0 Å². The minimum atomic E-state index is 0.264. The van der Waals surface area contributed by atoms with Crippen LogP contribution in [0.4, 0.5) is 0 Å². The van der Waals surface area contributed by atoms with Gasteiger partial charge in [0.25, 0.3) is 0 Å². The van der Waals surface area contributed by atoms with Gasteiger partial charge in [-0.1, -0.05) is 6.92 Å². The predicted molar refractivity (Wildman–Crippen MR) is 29.9 cm³/mol. The Labute approximate surface area is 44.9 Å². The third-order valence-corrected chi connectivity index (χ3v) is 1.63. The van der Waals surface area contributed by atoms with Crippen molar-refractivity contribution in [2.75, 3.05) is 0 Å². The average Bonchev–Trinajstić information content (AvgIpc) is 2.44. The summed E-state index contributed by atoms with van der Waals surface area (Å²) in [6.07, 6.45) is 3.69. The fraction of sp³-hybridized carbons (Fsp3) is 1.00. The van der Waals surface area contributed by atoms with E-state index in [0.717, 1.165) is 12.3 Å². The molecule has 0 aromatic rings. The molecule has 1 aliphatic carbocycles. The van der Waals surface area contributed by atoms with Gasteiger partial charge in [-0.15, -0.1) is 0 Å². The van der Waals surface area contributed by atoms with Crippen molar-refractivity contribution < 1.29 is 0 Å². The van der Waals surface area contributed by atoms with Crippen LogP contribution in [0.5, 0.6) is 0 Å².